The summed E-state index contributed by atoms with van der Waals surface area (Å²) in [5.41, 5.74) is 2.87. The summed E-state index contributed by atoms with van der Waals surface area (Å²) in [6.45, 7) is 6.07. The number of ether oxygens (including phenoxy) is 1. The van der Waals surface area contributed by atoms with Crippen molar-refractivity contribution in [3.63, 3.8) is 0 Å². The minimum Gasteiger partial charge on any atom is -0.494 e. The Bertz CT molecular complexity index is 1370. The summed E-state index contributed by atoms with van der Waals surface area (Å²) in [5.74, 6) is 0.454. The van der Waals surface area contributed by atoms with Gasteiger partial charge in [-0.1, -0.05) is 48.0 Å². The third-order valence-electron chi connectivity index (χ3n) is 5.72. The Labute approximate surface area is 221 Å². The number of halogens is 1. The SMILES string of the molecule is CCOc1cccc(-n2cc(-c3ccccc3)nc2NC(=O)CN(C(=O)c2ccc(Cl)cc2)C(C)C)c1. The largest absolute Gasteiger partial charge is 0.494 e. The summed E-state index contributed by atoms with van der Waals surface area (Å²) in [7, 11) is 0. The van der Waals surface area contributed by atoms with Crippen molar-refractivity contribution < 1.29 is 14.3 Å². The Morgan fingerprint density at radius 2 is 1.76 bits per heavy atom. The highest BCUT2D eigenvalue weighted by atomic mass is 35.5. The van der Waals surface area contributed by atoms with E-state index in [0.717, 1.165) is 11.3 Å². The molecule has 4 aromatic rings. The van der Waals surface area contributed by atoms with Gasteiger partial charge in [-0.2, -0.15) is 0 Å². The third kappa shape index (κ3) is 6.37. The zero-order chi connectivity index (χ0) is 26.4. The van der Waals surface area contributed by atoms with Crippen molar-refractivity contribution >= 4 is 29.4 Å². The van der Waals surface area contributed by atoms with Gasteiger partial charge in [-0.25, -0.2) is 4.98 Å². The van der Waals surface area contributed by atoms with Crippen molar-refractivity contribution in [2.24, 2.45) is 0 Å². The Hall–Kier alpha value is -4.10. The standard InChI is InChI=1S/C29H29ClN4O3/c1-4-37-25-12-8-11-24(17-25)34-18-26(21-9-6-5-7-10-21)31-29(34)32-27(35)19-33(20(2)3)28(36)22-13-15-23(30)16-14-22/h5-18,20H,4,19H2,1-3H3,(H,31,32,35). The van der Waals surface area contributed by atoms with Crippen LogP contribution in [0.3, 0.4) is 0 Å². The molecule has 7 nitrogen and oxygen atoms in total. The lowest BCUT2D eigenvalue weighted by Gasteiger charge is -2.26. The first-order valence-electron chi connectivity index (χ1n) is 12.1. The second-order valence-corrected chi connectivity index (χ2v) is 9.13. The van der Waals surface area contributed by atoms with E-state index in [1.165, 1.54) is 4.90 Å². The van der Waals surface area contributed by atoms with Gasteiger partial charge in [0.15, 0.2) is 0 Å². The third-order valence-corrected chi connectivity index (χ3v) is 5.97. The van der Waals surface area contributed by atoms with E-state index in [4.69, 9.17) is 21.3 Å². The summed E-state index contributed by atoms with van der Waals surface area (Å²) in [4.78, 5) is 32.6. The maximum atomic E-state index is 13.2. The summed E-state index contributed by atoms with van der Waals surface area (Å²) in [6.07, 6.45) is 1.87. The van der Waals surface area contributed by atoms with Crippen LogP contribution in [0, 0.1) is 0 Å². The van der Waals surface area contributed by atoms with Crippen LogP contribution in [0.1, 0.15) is 31.1 Å². The molecule has 0 aliphatic carbocycles. The van der Waals surface area contributed by atoms with Crippen LogP contribution in [0.5, 0.6) is 5.75 Å². The van der Waals surface area contributed by atoms with Crippen LogP contribution < -0.4 is 10.1 Å². The van der Waals surface area contributed by atoms with Gasteiger partial charge in [-0.15, -0.1) is 0 Å². The van der Waals surface area contributed by atoms with Crippen molar-refractivity contribution in [3.8, 4) is 22.7 Å². The monoisotopic (exact) mass is 516 g/mol. The topological polar surface area (TPSA) is 76.5 Å². The first kappa shape index (κ1) is 26.0. The van der Waals surface area contributed by atoms with E-state index in [1.807, 2.05) is 86.1 Å². The van der Waals surface area contributed by atoms with Gasteiger partial charge in [-0.3, -0.25) is 19.5 Å². The smallest absolute Gasteiger partial charge is 0.254 e. The molecule has 37 heavy (non-hydrogen) atoms. The zero-order valence-electron chi connectivity index (χ0n) is 21.0. The molecule has 0 aliphatic rings. The number of hydrogen-bond acceptors (Lipinski definition) is 4. The second kappa shape index (κ2) is 11.8. The van der Waals surface area contributed by atoms with Crippen molar-refractivity contribution in [2.45, 2.75) is 26.8 Å². The maximum Gasteiger partial charge on any atom is 0.254 e. The van der Waals surface area contributed by atoms with Gasteiger partial charge < -0.3 is 9.64 Å². The van der Waals surface area contributed by atoms with Crippen molar-refractivity contribution in [3.05, 3.63) is 95.6 Å². The molecule has 3 aromatic carbocycles. The number of nitrogens with zero attached hydrogens (tertiary/aromatic N) is 3. The van der Waals surface area contributed by atoms with E-state index in [9.17, 15) is 9.59 Å². The Kier molecular flexibility index (Phi) is 8.25. The van der Waals surface area contributed by atoms with E-state index < -0.39 is 0 Å². The summed E-state index contributed by atoms with van der Waals surface area (Å²) >= 11 is 5.97. The summed E-state index contributed by atoms with van der Waals surface area (Å²) in [5, 5.41) is 3.45. The number of benzene rings is 3. The van der Waals surface area contributed by atoms with Crippen molar-refractivity contribution in [2.75, 3.05) is 18.5 Å². The first-order chi connectivity index (χ1) is 17.9. The average molecular weight is 517 g/mol. The quantitative estimate of drug-likeness (QED) is 0.292. The number of amides is 2. The molecule has 2 amide bonds. The highest BCUT2D eigenvalue weighted by molar-refractivity contribution is 6.30. The molecule has 0 atom stereocenters. The minimum absolute atomic E-state index is 0.133. The Morgan fingerprint density at radius 3 is 2.43 bits per heavy atom. The van der Waals surface area contributed by atoms with E-state index in [2.05, 4.69) is 5.32 Å². The van der Waals surface area contributed by atoms with Crippen LogP contribution in [0.2, 0.25) is 5.02 Å². The lowest BCUT2D eigenvalue weighted by molar-refractivity contribution is -0.117. The number of nitrogens with one attached hydrogen (secondary N) is 1. The number of imidazole rings is 1. The maximum absolute atomic E-state index is 13.2. The van der Waals surface area contributed by atoms with Gasteiger partial charge in [0, 0.05) is 34.5 Å². The molecule has 1 N–H and O–H groups in total. The van der Waals surface area contributed by atoms with Crippen molar-refractivity contribution in [1.82, 2.24) is 14.5 Å². The summed E-state index contributed by atoms with van der Waals surface area (Å²) < 4.78 is 7.47. The van der Waals surface area contributed by atoms with E-state index in [-0.39, 0.29) is 24.4 Å². The lowest BCUT2D eigenvalue weighted by atomic mass is 10.1. The number of aromatic nitrogens is 2. The van der Waals surface area contributed by atoms with E-state index >= 15 is 0 Å². The number of hydrogen-bond donors (Lipinski definition) is 1. The fraction of sp³-hybridized carbons (Fsp3) is 0.207. The van der Waals surface area contributed by atoms with Gasteiger partial charge in [0.1, 0.15) is 12.3 Å². The fourth-order valence-electron chi connectivity index (χ4n) is 3.87. The van der Waals surface area contributed by atoms with Gasteiger partial charge in [-0.05, 0) is 57.2 Å². The predicted octanol–water partition coefficient (Wildman–Crippen LogP) is 6.08. The molecule has 0 unspecified atom stereocenters. The van der Waals surface area contributed by atoms with Crippen LogP contribution in [-0.4, -0.2) is 45.5 Å². The Balaban J connectivity index is 1.62. The Morgan fingerprint density at radius 1 is 1.03 bits per heavy atom. The molecule has 0 aliphatic heterocycles. The molecule has 0 radical (unpaired) electrons. The molecule has 4 rings (SSSR count). The highest BCUT2D eigenvalue weighted by Gasteiger charge is 2.23. The molecule has 1 heterocycles. The molecular weight excluding hydrogens is 488 g/mol. The van der Waals surface area contributed by atoms with Crippen LogP contribution in [0.4, 0.5) is 5.95 Å². The molecule has 190 valence electrons. The molecule has 0 spiro atoms. The summed E-state index contributed by atoms with van der Waals surface area (Å²) in [6, 6.07) is 23.7. The van der Waals surface area contributed by atoms with Gasteiger partial charge in [0.2, 0.25) is 11.9 Å². The van der Waals surface area contributed by atoms with Crippen LogP contribution in [0.15, 0.2) is 85.1 Å². The van der Waals surface area contributed by atoms with Gasteiger partial charge in [0.05, 0.1) is 18.0 Å². The van der Waals surface area contributed by atoms with Crippen LogP contribution >= 0.6 is 11.6 Å². The molecule has 0 saturated heterocycles. The van der Waals surface area contributed by atoms with Crippen molar-refractivity contribution in [1.29, 1.82) is 0 Å². The number of anilines is 1. The molecule has 1 aromatic heterocycles. The van der Waals surface area contributed by atoms with Gasteiger partial charge in [0.25, 0.3) is 5.91 Å². The van der Waals surface area contributed by atoms with Crippen LogP contribution in [0.25, 0.3) is 16.9 Å². The van der Waals surface area contributed by atoms with Crippen LogP contribution in [-0.2, 0) is 4.79 Å². The number of carbonyl (C=O) groups is 2. The molecule has 0 fully saturated rings. The molecule has 0 bridgehead atoms. The molecule has 8 heteroatoms. The minimum atomic E-state index is -0.358. The lowest BCUT2D eigenvalue weighted by Crippen LogP contribution is -2.42. The normalized spacial score (nSPS) is 10.8. The second-order valence-electron chi connectivity index (χ2n) is 8.70. The fourth-order valence-corrected chi connectivity index (χ4v) is 4.00. The average Bonchev–Trinajstić information content (AvgIpc) is 3.32. The number of rotatable bonds is 9. The zero-order valence-corrected chi connectivity index (χ0v) is 21.8. The number of carbonyl (C=O) groups excluding carboxylic acids is 2. The van der Waals surface area contributed by atoms with E-state index in [0.29, 0.717) is 34.6 Å². The highest BCUT2D eigenvalue weighted by Crippen LogP contribution is 2.26. The predicted molar refractivity (Wildman–Crippen MR) is 146 cm³/mol. The van der Waals surface area contributed by atoms with Gasteiger partial charge >= 0.3 is 0 Å². The molecular formula is C29H29ClN4O3. The molecule has 0 saturated carbocycles. The van der Waals surface area contributed by atoms with E-state index in [1.54, 1.807) is 24.3 Å². The first-order valence-corrected chi connectivity index (χ1v) is 12.5.